The van der Waals surface area contributed by atoms with Gasteiger partial charge in [-0.2, -0.15) is 0 Å². The molecule has 0 radical (unpaired) electrons. The van der Waals surface area contributed by atoms with Gasteiger partial charge in [0, 0.05) is 16.6 Å². The predicted molar refractivity (Wildman–Crippen MR) is 74.1 cm³/mol. The molecule has 2 N–H and O–H groups in total. The average Bonchev–Trinajstić information content (AvgIpc) is 2.62. The second-order valence-corrected chi connectivity index (χ2v) is 5.13. The smallest absolute Gasteiger partial charge is 0.337 e. The summed E-state index contributed by atoms with van der Waals surface area (Å²) in [5.74, 6) is -0.831. The zero-order valence-corrected chi connectivity index (χ0v) is 11.5. The van der Waals surface area contributed by atoms with Crippen LogP contribution in [0.1, 0.15) is 58.7 Å². The highest BCUT2D eigenvalue weighted by Gasteiger charge is 2.19. The van der Waals surface area contributed by atoms with Crippen molar-refractivity contribution in [2.75, 3.05) is 0 Å². The minimum absolute atomic E-state index is 0.0546. The SMILES string of the molecule is CC(=O)c1c(C)[nH]c2c(C(=O)O)cc(C(C)C)cc12. The Bertz CT molecular complexity index is 680. The highest BCUT2D eigenvalue weighted by molar-refractivity contribution is 6.12. The molecule has 1 aromatic carbocycles. The van der Waals surface area contributed by atoms with Crippen LogP contribution in [-0.4, -0.2) is 21.8 Å². The van der Waals surface area contributed by atoms with Gasteiger partial charge in [-0.15, -0.1) is 0 Å². The van der Waals surface area contributed by atoms with E-state index in [4.69, 9.17) is 0 Å². The number of aromatic carboxylic acids is 1. The zero-order valence-electron chi connectivity index (χ0n) is 11.5. The molecule has 2 aromatic rings. The van der Waals surface area contributed by atoms with Crippen LogP contribution >= 0.6 is 0 Å². The molecule has 1 heterocycles. The quantitative estimate of drug-likeness (QED) is 0.829. The molecular weight excluding hydrogens is 242 g/mol. The van der Waals surface area contributed by atoms with Crippen molar-refractivity contribution in [3.63, 3.8) is 0 Å². The summed E-state index contributed by atoms with van der Waals surface area (Å²) in [4.78, 5) is 26.1. The number of carbonyl (C=O) groups is 2. The fourth-order valence-corrected chi connectivity index (χ4v) is 2.40. The monoisotopic (exact) mass is 259 g/mol. The molecule has 0 spiro atoms. The van der Waals surface area contributed by atoms with Gasteiger partial charge in [0.2, 0.25) is 0 Å². The predicted octanol–water partition coefficient (Wildman–Crippen LogP) is 3.50. The topological polar surface area (TPSA) is 70.2 Å². The molecule has 4 nitrogen and oxygen atoms in total. The van der Waals surface area contributed by atoms with E-state index in [1.54, 1.807) is 13.0 Å². The summed E-state index contributed by atoms with van der Waals surface area (Å²) in [5, 5.41) is 10.0. The Hall–Kier alpha value is -2.10. The first-order chi connectivity index (χ1) is 8.82. The number of Topliss-reactive ketones (excluding diaryl/α,β-unsaturated/α-hetero) is 1. The second kappa shape index (κ2) is 4.53. The number of aromatic amines is 1. The lowest BCUT2D eigenvalue weighted by Gasteiger charge is -2.08. The fourth-order valence-electron chi connectivity index (χ4n) is 2.40. The van der Waals surface area contributed by atoms with E-state index in [-0.39, 0.29) is 17.3 Å². The Morgan fingerprint density at radius 2 is 1.89 bits per heavy atom. The molecule has 0 atom stereocenters. The third kappa shape index (κ3) is 2.14. The lowest BCUT2D eigenvalue weighted by Crippen LogP contribution is -2.01. The third-order valence-electron chi connectivity index (χ3n) is 3.37. The number of nitrogens with one attached hydrogen (secondary N) is 1. The highest BCUT2D eigenvalue weighted by atomic mass is 16.4. The van der Waals surface area contributed by atoms with E-state index in [1.807, 2.05) is 19.9 Å². The maximum Gasteiger partial charge on any atom is 0.337 e. The zero-order chi connectivity index (χ0) is 14.3. The van der Waals surface area contributed by atoms with Gasteiger partial charge in [0.25, 0.3) is 0 Å². The number of hydrogen-bond acceptors (Lipinski definition) is 2. The van der Waals surface area contributed by atoms with Crippen molar-refractivity contribution < 1.29 is 14.7 Å². The van der Waals surface area contributed by atoms with E-state index in [0.717, 1.165) is 5.56 Å². The van der Waals surface area contributed by atoms with Crippen LogP contribution in [0.15, 0.2) is 12.1 Å². The maximum absolute atomic E-state index is 11.7. The largest absolute Gasteiger partial charge is 0.478 e. The number of ketones is 1. The number of aryl methyl sites for hydroxylation is 1. The molecule has 2 rings (SSSR count). The van der Waals surface area contributed by atoms with E-state index in [1.165, 1.54) is 6.92 Å². The summed E-state index contributed by atoms with van der Waals surface area (Å²) < 4.78 is 0. The number of carboxylic acid groups (broad SMARTS) is 1. The molecule has 0 unspecified atom stereocenters. The molecule has 19 heavy (non-hydrogen) atoms. The maximum atomic E-state index is 11.7. The summed E-state index contributed by atoms with van der Waals surface area (Å²) in [5.41, 5.74) is 2.97. The van der Waals surface area contributed by atoms with Gasteiger partial charge in [0.05, 0.1) is 11.1 Å². The van der Waals surface area contributed by atoms with Crippen molar-refractivity contribution in [3.8, 4) is 0 Å². The molecule has 100 valence electrons. The van der Waals surface area contributed by atoms with Crippen LogP contribution in [0.2, 0.25) is 0 Å². The second-order valence-electron chi connectivity index (χ2n) is 5.13. The molecule has 0 aliphatic carbocycles. The number of H-pyrrole nitrogens is 1. The fraction of sp³-hybridized carbons (Fsp3) is 0.333. The van der Waals surface area contributed by atoms with Gasteiger partial charge in [0.1, 0.15) is 0 Å². The highest BCUT2D eigenvalue weighted by Crippen LogP contribution is 2.29. The number of carboxylic acids is 1. The molecule has 0 fully saturated rings. The number of aromatic nitrogens is 1. The molecular formula is C15H17NO3. The first-order valence-electron chi connectivity index (χ1n) is 6.23. The first-order valence-corrected chi connectivity index (χ1v) is 6.23. The minimum atomic E-state index is -0.983. The Labute approximate surface area is 111 Å². The van der Waals surface area contributed by atoms with Crippen LogP contribution in [0.25, 0.3) is 10.9 Å². The van der Waals surface area contributed by atoms with Crippen molar-refractivity contribution >= 4 is 22.7 Å². The lowest BCUT2D eigenvalue weighted by atomic mass is 9.96. The minimum Gasteiger partial charge on any atom is -0.478 e. The molecule has 1 aromatic heterocycles. The number of fused-ring (bicyclic) bond motifs is 1. The van der Waals surface area contributed by atoms with Crippen LogP contribution in [0.4, 0.5) is 0 Å². The number of hydrogen-bond donors (Lipinski definition) is 2. The van der Waals surface area contributed by atoms with Crippen LogP contribution in [-0.2, 0) is 0 Å². The van der Waals surface area contributed by atoms with E-state index >= 15 is 0 Å². The molecule has 0 amide bonds. The van der Waals surface area contributed by atoms with E-state index in [0.29, 0.717) is 22.2 Å². The van der Waals surface area contributed by atoms with E-state index < -0.39 is 5.97 Å². The molecule has 0 bridgehead atoms. The van der Waals surface area contributed by atoms with Gasteiger partial charge in [-0.1, -0.05) is 13.8 Å². The van der Waals surface area contributed by atoms with Gasteiger partial charge in [-0.25, -0.2) is 4.79 Å². The van der Waals surface area contributed by atoms with Crippen LogP contribution in [0.3, 0.4) is 0 Å². The molecule has 4 heteroatoms. The summed E-state index contributed by atoms with van der Waals surface area (Å²) in [6.45, 7) is 7.29. The van der Waals surface area contributed by atoms with Gasteiger partial charge < -0.3 is 10.1 Å². The molecule has 0 saturated heterocycles. The van der Waals surface area contributed by atoms with Crippen LogP contribution < -0.4 is 0 Å². The summed E-state index contributed by atoms with van der Waals surface area (Å²) in [7, 11) is 0. The first kappa shape index (κ1) is 13.3. The molecule has 0 aliphatic rings. The number of carbonyl (C=O) groups excluding carboxylic acids is 1. The third-order valence-corrected chi connectivity index (χ3v) is 3.37. The number of benzene rings is 1. The normalized spacial score (nSPS) is 11.2. The van der Waals surface area contributed by atoms with Crippen LogP contribution in [0, 0.1) is 6.92 Å². The van der Waals surface area contributed by atoms with Crippen molar-refractivity contribution in [1.29, 1.82) is 0 Å². The van der Waals surface area contributed by atoms with Crippen LogP contribution in [0.5, 0.6) is 0 Å². The molecule has 0 saturated carbocycles. The Kier molecular flexibility index (Phi) is 3.18. The summed E-state index contributed by atoms with van der Waals surface area (Å²) >= 11 is 0. The van der Waals surface area contributed by atoms with Crippen molar-refractivity contribution in [3.05, 3.63) is 34.5 Å². The van der Waals surface area contributed by atoms with Gasteiger partial charge in [0.15, 0.2) is 5.78 Å². The standard InChI is InChI=1S/C15H17NO3/c1-7(2)10-5-11-13(9(4)17)8(3)16-14(11)12(6-10)15(18)19/h5-7,16H,1-4H3,(H,18,19). The van der Waals surface area contributed by atoms with E-state index in [2.05, 4.69) is 4.98 Å². The Morgan fingerprint density at radius 3 is 2.37 bits per heavy atom. The van der Waals surface area contributed by atoms with E-state index in [9.17, 15) is 14.7 Å². The lowest BCUT2D eigenvalue weighted by molar-refractivity contribution is 0.0698. The van der Waals surface area contributed by atoms with Crippen molar-refractivity contribution in [2.24, 2.45) is 0 Å². The molecule has 0 aliphatic heterocycles. The van der Waals surface area contributed by atoms with Crippen molar-refractivity contribution in [1.82, 2.24) is 4.98 Å². The van der Waals surface area contributed by atoms with Gasteiger partial charge >= 0.3 is 5.97 Å². The average molecular weight is 259 g/mol. The summed E-state index contributed by atoms with van der Waals surface area (Å²) in [6.07, 6.45) is 0. The van der Waals surface area contributed by atoms with Gasteiger partial charge in [-0.3, -0.25) is 4.79 Å². The van der Waals surface area contributed by atoms with Crippen molar-refractivity contribution in [2.45, 2.75) is 33.6 Å². The summed E-state index contributed by atoms with van der Waals surface area (Å²) in [6, 6.07) is 3.59. The number of rotatable bonds is 3. The van der Waals surface area contributed by atoms with Gasteiger partial charge in [-0.05, 0) is 37.5 Å². The Balaban J connectivity index is 2.91. The Morgan fingerprint density at radius 1 is 1.26 bits per heavy atom.